The number of methoxy groups -OCH3 is 1. The van der Waals surface area contributed by atoms with Gasteiger partial charge in [0.15, 0.2) is 11.0 Å². The Balaban J connectivity index is 1.60. The van der Waals surface area contributed by atoms with Gasteiger partial charge in [-0.15, -0.1) is 0 Å². The number of Topliss-reactive ketones (excluding diaryl/α,β-unsaturated/α-hetero) is 1. The number of benzene rings is 3. The molecule has 3 aromatic carbocycles. The molecule has 1 N–H and O–H groups in total. The highest BCUT2D eigenvalue weighted by molar-refractivity contribution is 8.20. The summed E-state index contributed by atoms with van der Waals surface area (Å²) in [4.78, 5) is 35.6. The zero-order valence-corrected chi connectivity index (χ0v) is 21.5. The molecule has 0 bridgehead atoms. The first-order valence-corrected chi connectivity index (χ1v) is 12.9. The number of phenolic OH excluding ortho intramolecular Hbond substituents is 1. The third-order valence-electron chi connectivity index (χ3n) is 5.81. The lowest BCUT2D eigenvalue weighted by molar-refractivity contribution is -0.113. The molecular formula is C27H23N3O4S2. The molecule has 1 amide bonds. The molecule has 1 fully saturated rings. The average molecular weight is 518 g/mol. The number of aliphatic imine (C=N–C) groups is 1. The van der Waals surface area contributed by atoms with Crippen molar-refractivity contribution in [1.29, 1.82) is 0 Å². The van der Waals surface area contributed by atoms with Gasteiger partial charge >= 0.3 is 0 Å². The molecule has 2 heterocycles. The molecule has 0 radical (unpaired) electrons. The number of ether oxygens (including phenoxy) is 1. The van der Waals surface area contributed by atoms with Crippen molar-refractivity contribution >= 4 is 57.4 Å². The van der Waals surface area contributed by atoms with E-state index in [4.69, 9.17) is 9.73 Å². The van der Waals surface area contributed by atoms with Gasteiger partial charge in [-0.05, 0) is 86.3 Å². The molecule has 7 nitrogen and oxygen atoms in total. The molecular weight excluding hydrogens is 494 g/mol. The first kappa shape index (κ1) is 24.0. The van der Waals surface area contributed by atoms with Gasteiger partial charge in [-0.25, -0.2) is 4.99 Å². The summed E-state index contributed by atoms with van der Waals surface area (Å²) in [5.74, 6) is 0.659. The number of aromatic hydroxyl groups is 1. The van der Waals surface area contributed by atoms with E-state index in [9.17, 15) is 14.7 Å². The van der Waals surface area contributed by atoms with E-state index in [-0.39, 0.29) is 17.4 Å². The van der Waals surface area contributed by atoms with E-state index in [0.717, 1.165) is 21.4 Å². The summed E-state index contributed by atoms with van der Waals surface area (Å²) in [7, 11) is 1.64. The molecule has 0 unspecified atom stereocenters. The standard InChI is InChI=1S/C27H23N3O4S2/c1-4-29-22-15-21(34-3)13-14-23(22)35-26(29)24-25(33)30(19-9-11-20(32)12-10-19)27(36-24)28-18-7-5-17(6-8-18)16(2)31/h5-15,32H,4H2,1-3H3/b26-24-,28-27?. The molecule has 5 rings (SSSR count). The Kier molecular flexibility index (Phi) is 6.51. The van der Waals surface area contributed by atoms with E-state index in [0.29, 0.717) is 33.6 Å². The minimum absolute atomic E-state index is 0.0218. The van der Waals surface area contributed by atoms with E-state index < -0.39 is 0 Å². The van der Waals surface area contributed by atoms with Crippen LogP contribution in [-0.4, -0.2) is 35.6 Å². The van der Waals surface area contributed by atoms with Crippen LogP contribution in [0, 0.1) is 0 Å². The van der Waals surface area contributed by atoms with Crippen LogP contribution < -0.4 is 14.5 Å². The van der Waals surface area contributed by atoms with Gasteiger partial charge in [0.25, 0.3) is 5.91 Å². The van der Waals surface area contributed by atoms with Crippen molar-refractivity contribution < 1.29 is 19.4 Å². The van der Waals surface area contributed by atoms with E-state index in [1.54, 1.807) is 72.3 Å². The molecule has 2 aliphatic heterocycles. The molecule has 0 aliphatic carbocycles. The van der Waals surface area contributed by atoms with E-state index in [1.165, 1.54) is 18.7 Å². The Labute approximate surface area is 217 Å². The van der Waals surface area contributed by atoms with Gasteiger partial charge in [0.1, 0.15) is 21.4 Å². The van der Waals surface area contributed by atoms with E-state index in [2.05, 4.69) is 4.90 Å². The van der Waals surface area contributed by atoms with Crippen LogP contribution >= 0.6 is 23.5 Å². The summed E-state index contributed by atoms with van der Waals surface area (Å²) < 4.78 is 5.41. The second-order valence-corrected chi connectivity index (χ2v) is 10.1. The summed E-state index contributed by atoms with van der Waals surface area (Å²) in [5, 5.41) is 11.1. The molecule has 36 heavy (non-hydrogen) atoms. The lowest BCUT2D eigenvalue weighted by atomic mass is 10.1. The molecule has 0 spiro atoms. The highest BCUT2D eigenvalue weighted by atomic mass is 32.2. The maximum absolute atomic E-state index is 13.9. The van der Waals surface area contributed by atoms with Crippen LogP contribution in [0.2, 0.25) is 0 Å². The van der Waals surface area contributed by atoms with Crippen LogP contribution in [0.1, 0.15) is 24.2 Å². The molecule has 3 aromatic rings. The molecule has 2 aliphatic rings. The van der Waals surface area contributed by atoms with Crippen molar-refractivity contribution in [2.75, 3.05) is 23.5 Å². The van der Waals surface area contributed by atoms with Gasteiger partial charge in [0.2, 0.25) is 0 Å². The SMILES string of the molecule is CCN1/C(=C2/SC(=Nc3ccc(C(C)=O)cc3)N(c3ccc(O)cc3)C2=O)Sc2ccc(OC)cc21. The van der Waals surface area contributed by atoms with Gasteiger partial charge in [0, 0.05) is 23.1 Å². The zero-order valence-electron chi connectivity index (χ0n) is 19.9. The summed E-state index contributed by atoms with van der Waals surface area (Å²) in [6, 6.07) is 19.3. The van der Waals surface area contributed by atoms with Gasteiger partial charge in [-0.3, -0.25) is 14.5 Å². The lowest BCUT2D eigenvalue weighted by Crippen LogP contribution is -2.29. The first-order valence-electron chi connectivity index (χ1n) is 11.3. The normalized spacial score (nSPS) is 18.2. The third kappa shape index (κ3) is 4.36. The molecule has 182 valence electrons. The monoisotopic (exact) mass is 517 g/mol. The number of carbonyl (C=O) groups is 2. The number of anilines is 2. The molecule has 0 atom stereocenters. The topological polar surface area (TPSA) is 82.4 Å². The minimum Gasteiger partial charge on any atom is -0.508 e. The van der Waals surface area contributed by atoms with Crippen molar-refractivity contribution in [2.45, 2.75) is 18.7 Å². The van der Waals surface area contributed by atoms with Crippen LogP contribution in [0.3, 0.4) is 0 Å². The summed E-state index contributed by atoms with van der Waals surface area (Å²) in [5.41, 5.74) is 2.83. The fourth-order valence-electron chi connectivity index (χ4n) is 3.96. The maximum atomic E-state index is 13.9. The predicted octanol–water partition coefficient (Wildman–Crippen LogP) is 6.17. The van der Waals surface area contributed by atoms with Gasteiger partial charge < -0.3 is 14.7 Å². The Hall–Kier alpha value is -3.69. The van der Waals surface area contributed by atoms with Crippen LogP contribution in [0.4, 0.5) is 17.1 Å². The molecule has 1 saturated heterocycles. The quantitative estimate of drug-likeness (QED) is 0.320. The Bertz CT molecular complexity index is 1420. The number of amidine groups is 1. The van der Waals surface area contributed by atoms with E-state index in [1.807, 2.05) is 25.1 Å². The highest BCUT2D eigenvalue weighted by Crippen LogP contribution is 2.52. The van der Waals surface area contributed by atoms with Crippen molar-refractivity contribution in [3.8, 4) is 11.5 Å². The van der Waals surface area contributed by atoms with Gasteiger partial charge in [0.05, 0.1) is 24.2 Å². The second kappa shape index (κ2) is 9.75. The number of phenols is 1. The number of hydrogen-bond donors (Lipinski definition) is 1. The van der Waals surface area contributed by atoms with Crippen LogP contribution in [0.15, 0.2) is 86.6 Å². The summed E-state index contributed by atoms with van der Waals surface area (Å²) in [6.45, 7) is 4.24. The smallest absolute Gasteiger partial charge is 0.274 e. The number of fused-ring (bicyclic) bond motifs is 1. The Morgan fingerprint density at radius 1 is 1.03 bits per heavy atom. The fourth-order valence-corrected chi connectivity index (χ4v) is 6.34. The number of carbonyl (C=O) groups excluding carboxylic acids is 2. The van der Waals surface area contributed by atoms with Crippen molar-refractivity contribution in [1.82, 2.24) is 0 Å². The number of rotatable bonds is 5. The Morgan fingerprint density at radius 3 is 2.39 bits per heavy atom. The molecule has 9 heteroatoms. The van der Waals surface area contributed by atoms with Gasteiger partial charge in [-0.2, -0.15) is 0 Å². The maximum Gasteiger partial charge on any atom is 0.274 e. The highest BCUT2D eigenvalue weighted by Gasteiger charge is 2.40. The number of thioether (sulfide) groups is 2. The largest absolute Gasteiger partial charge is 0.508 e. The van der Waals surface area contributed by atoms with Crippen molar-refractivity contribution in [3.05, 3.63) is 82.2 Å². The molecule has 0 aromatic heterocycles. The zero-order chi connectivity index (χ0) is 25.4. The number of nitrogens with zero attached hydrogens (tertiary/aromatic N) is 3. The number of ketones is 1. The number of amides is 1. The first-order chi connectivity index (χ1) is 17.4. The predicted molar refractivity (Wildman–Crippen MR) is 146 cm³/mol. The summed E-state index contributed by atoms with van der Waals surface area (Å²) >= 11 is 2.86. The second-order valence-electron chi connectivity index (χ2n) is 8.07. The Morgan fingerprint density at radius 2 is 1.75 bits per heavy atom. The third-order valence-corrected chi connectivity index (χ3v) is 8.15. The average Bonchev–Trinajstić information content (AvgIpc) is 3.41. The van der Waals surface area contributed by atoms with Crippen molar-refractivity contribution in [2.24, 2.45) is 4.99 Å². The van der Waals surface area contributed by atoms with Crippen LogP contribution in [0.5, 0.6) is 11.5 Å². The van der Waals surface area contributed by atoms with E-state index >= 15 is 0 Å². The minimum atomic E-state index is -0.189. The number of hydrogen-bond acceptors (Lipinski definition) is 8. The van der Waals surface area contributed by atoms with Crippen molar-refractivity contribution in [3.63, 3.8) is 0 Å². The lowest BCUT2D eigenvalue weighted by Gasteiger charge is -2.19. The summed E-state index contributed by atoms with van der Waals surface area (Å²) in [6.07, 6.45) is 0. The van der Waals surface area contributed by atoms with Gasteiger partial charge in [-0.1, -0.05) is 11.8 Å². The van der Waals surface area contributed by atoms with Crippen LogP contribution in [0.25, 0.3) is 0 Å². The van der Waals surface area contributed by atoms with Crippen LogP contribution in [-0.2, 0) is 4.79 Å². The molecule has 0 saturated carbocycles. The fraction of sp³-hybridized carbons (Fsp3) is 0.148.